The Hall–Kier alpha value is -2.34. The van der Waals surface area contributed by atoms with Gasteiger partial charge in [0.25, 0.3) is 5.56 Å². The Labute approximate surface area is 173 Å². The third kappa shape index (κ3) is 3.65. The number of benzene rings is 2. The first-order valence-corrected chi connectivity index (χ1v) is 9.76. The average Bonchev–Trinajstić information content (AvgIpc) is 2.66. The van der Waals surface area contributed by atoms with E-state index < -0.39 is 0 Å². The molecule has 7 heteroatoms. The van der Waals surface area contributed by atoms with Gasteiger partial charge in [-0.1, -0.05) is 53.5 Å². The summed E-state index contributed by atoms with van der Waals surface area (Å²) in [5.74, 6) is 0.607. The number of fused-ring (bicyclic) bond motifs is 1. The topological polar surface area (TPSA) is 41.4 Å². The van der Waals surface area contributed by atoms with E-state index in [1.807, 2.05) is 49.1 Å². The lowest BCUT2D eigenvalue weighted by Crippen LogP contribution is -2.47. The zero-order valence-electron chi connectivity index (χ0n) is 15.7. The molecule has 2 aromatic carbocycles. The van der Waals surface area contributed by atoms with Gasteiger partial charge in [-0.3, -0.25) is 19.2 Å². The number of aromatic nitrogens is 2. The van der Waals surface area contributed by atoms with Crippen molar-refractivity contribution in [3.8, 4) is 0 Å². The maximum absolute atomic E-state index is 13.0. The standard InChI is InChI=1S/C21H20Cl2N4O/c1-14-15(2)24-21-26(19-9-17(22)8-18(23)10-19)12-25(13-27(21)20(14)28)11-16-6-4-3-5-7-16/h3-10H,11-13H2,1-2H3. The Morgan fingerprint density at radius 3 is 2.36 bits per heavy atom. The first-order chi connectivity index (χ1) is 13.4. The van der Waals surface area contributed by atoms with Gasteiger partial charge in [-0.05, 0) is 37.6 Å². The molecular weight excluding hydrogens is 395 g/mol. The van der Waals surface area contributed by atoms with Crippen molar-refractivity contribution >= 4 is 34.8 Å². The number of anilines is 2. The highest BCUT2D eigenvalue weighted by Crippen LogP contribution is 2.32. The second-order valence-electron chi connectivity index (χ2n) is 7.01. The van der Waals surface area contributed by atoms with Crippen LogP contribution in [0.4, 0.5) is 11.6 Å². The Morgan fingerprint density at radius 1 is 1.00 bits per heavy atom. The normalized spacial score (nSPS) is 14.2. The molecule has 0 saturated carbocycles. The molecule has 28 heavy (non-hydrogen) atoms. The minimum Gasteiger partial charge on any atom is -0.298 e. The van der Waals surface area contributed by atoms with Crippen molar-refractivity contribution in [1.82, 2.24) is 14.5 Å². The molecule has 0 fully saturated rings. The fraction of sp³-hybridized carbons (Fsp3) is 0.238. The average molecular weight is 415 g/mol. The van der Waals surface area contributed by atoms with Crippen LogP contribution in [0.15, 0.2) is 53.3 Å². The van der Waals surface area contributed by atoms with Crippen molar-refractivity contribution < 1.29 is 0 Å². The minimum atomic E-state index is -0.0293. The predicted octanol–water partition coefficient (Wildman–Crippen LogP) is 4.74. The van der Waals surface area contributed by atoms with Crippen molar-refractivity contribution in [1.29, 1.82) is 0 Å². The summed E-state index contributed by atoms with van der Waals surface area (Å²) in [5.41, 5.74) is 3.35. The second-order valence-corrected chi connectivity index (χ2v) is 7.88. The second kappa shape index (κ2) is 7.59. The first-order valence-electron chi connectivity index (χ1n) is 9.00. The van der Waals surface area contributed by atoms with Crippen LogP contribution in [-0.4, -0.2) is 21.1 Å². The molecule has 1 aliphatic rings. The van der Waals surface area contributed by atoms with E-state index >= 15 is 0 Å². The highest BCUT2D eigenvalue weighted by atomic mass is 35.5. The highest BCUT2D eigenvalue weighted by molar-refractivity contribution is 6.35. The van der Waals surface area contributed by atoms with Crippen LogP contribution in [-0.2, 0) is 13.2 Å². The lowest BCUT2D eigenvalue weighted by molar-refractivity contribution is 0.190. The molecule has 1 aliphatic heterocycles. The molecule has 144 valence electrons. The van der Waals surface area contributed by atoms with Gasteiger partial charge in [-0.2, -0.15) is 0 Å². The predicted molar refractivity (Wildman–Crippen MR) is 113 cm³/mol. The number of rotatable bonds is 3. The molecule has 0 amide bonds. The molecule has 2 heterocycles. The van der Waals surface area contributed by atoms with Gasteiger partial charge in [0.05, 0.1) is 13.3 Å². The lowest BCUT2D eigenvalue weighted by atomic mass is 10.2. The van der Waals surface area contributed by atoms with Crippen LogP contribution in [0.3, 0.4) is 0 Å². The van der Waals surface area contributed by atoms with Crippen molar-refractivity contribution in [3.05, 3.63) is 85.8 Å². The third-order valence-corrected chi connectivity index (χ3v) is 5.39. The molecule has 5 nitrogen and oxygen atoms in total. The summed E-state index contributed by atoms with van der Waals surface area (Å²) in [7, 11) is 0. The molecule has 0 radical (unpaired) electrons. The minimum absolute atomic E-state index is 0.0293. The van der Waals surface area contributed by atoms with E-state index in [9.17, 15) is 4.79 Å². The number of hydrogen-bond acceptors (Lipinski definition) is 4. The SMILES string of the molecule is Cc1nc2n(c(=O)c1C)CN(Cc1ccccc1)CN2c1cc(Cl)cc(Cl)c1. The highest BCUT2D eigenvalue weighted by Gasteiger charge is 2.27. The van der Waals surface area contributed by atoms with Crippen LogP contribution in [0.5, 0.6) is 0 Å². The molecule has 0 atom stereocenters. The monoisotopic (exact) mass is 414 g/mol. The summed E-state index contributed by atoms with van der Waals surface area (Å²) in [5, 5.41) is 1.08. The number of hydrogen-bond donors (Lipinski definition) is 0. The van der Waals surface area contributed by atoms with Crippen LogP contribution < -0.4 is 10.5 Å². The van der Waals surface area contributed by atoms with Gasteiger partial charge in [0.2, 0.25) is 5.95 Å². The summed E-state index contributed by atoms with van der Waals surface area (Å²) in [4.78, 5) is 21.8. The van der Waals surface area contributed by atoms with Gasteiger partial charge >= 0.3 is 0 Å². The molecule has 0 unspecified atom stereocenters. The lowest BCUT2D eigenvalue weighted by Gasteiger charge is -2.38. The molecule has 0 aliphatic carbocycles. The Balaban J connectivity index is 1.81. The van der Waals surface area contributed by atoms with Crippen molar-refractivity contribution in [2.45, 2.75) is 27.1 Å². The van der Waals surface area contributed by atoms with Crippen molar-refractivity contribution in [2.75, 3.05) is 11.6 Å². The number of nitrogens with zero attached hydrogens (tertiary/aromatic N) is 4. The van der Waals surface area contributed by atoms with Crippen LogP contribution in [0.25, 0.3) is 0 Å². The summed E-state index contributed by atoms with van der Waals surface area (Å²) in [6, 6.07) is 15.6. The first kappa shape index (κ1) is 19.0. The third-order valence-electron chi connectivity index (χ3n) is 4.95. The molecule has 1 aromatic heterocycles. The molecule has 0 N–H and O–H groups in total. The van der Waals surface area contributed by atoms with E-state index in [4.69, 9.17) is 28.2 Å². The number of halogens is 2. The zero-order valence-corrected chi connectivity index (χ0v) is 17.2. The van der Waals surface area contributed by atoms with Gasteiger partial charge in [0, 0.05) is 33.5 Å². The van der Waals surface area contributed by atoms with E-state index in [-0.39, 0.29) is 5.56 Å². The fourth-order valence-corrected chi connectivity index (χ4v) is 3.93. The van der Waals surface area contributed by atoms with Crippen molar-refractivity contribution in [2.24, 2.45) is 0 Å². The van der Waals surface area contributed by atoms with E-state index in [1.165, 1.54) is 5.56 Å². The van der Waals surface area contributed by atoms with Gasteiger partial charge < -0.3 is 0 Å². The smallest absolute Gasteiger partial charge is 0.259 e. The summed E-state index contributed by atoms with van der Waals surface area (Å²) in [6.45, 7) is 5.43. The maximum Gasteiger partial charge on any atom is 0.259 e. The summed E-state index contributed by atoms with van der Waals surface area (Å²) < 4.78 is 1.71. The van der Waals surface area contributed by atoms with Crippen molar-refractivity contribution in [3.63, 3.8) is 0 Å². The maximum atomic E-state index is 13.0. The molecule has 0 saturated heterocycles. The Kier molecular flexibility index (Phi) is 5.15. The van der Waals surface area contributed by atoms with E-state index in [2.05, 4.69) is 17.0 Å². The largest absolute Gasteiger partial charge is 0.298 e. The van der Waals surface area contributed by atoms with Crippen LogP contribution in [0, 0.1) is 13.8 Å². The van der Waals surface area contributed by atoms with Crippen LogP contribution in [0.1, 0.15) is 16.8 Å². The Morgan fingerprint density at radius 2 is 1.68 bits per heavy atom. The van der Waals surface area contributed by atoms with E-state index in [0.717, 1.165) is 11.4 Å². The molecule has 3 aromatic rings. The molecule has 0 spiro atoms. The van der Waals surface area contributed by atoms with E-state index in [1.54, 1.807) is 10.6 Å². The molecular formula is C21H20Cl2N4O. The van der Waals surface area contributed by atoms with Gasteiger partial charge in [0.15, 0.2) is 0 Å². The quantitative estimate of drug-likeness (QED) is 0.620. The molecule has 0 bridgehead atoms. The van der Waals surface area contributed by atoms with Gasteiger partial charge in [-0.15, -0.1) is 0 Å². The molecule has 4 rings (SSSR count). The Bertz CT molecular complexity index is 1060. The van der Waals surface area contributed by atoms with E-state index in [0.29, 0.717) is 41.4 Å². The van der Waals surface area contributed by atoms with Gasteiger partial charge in [0.1, 0.15) is 0 Å². The van der Waals surface area contributed by atoms with Crippen LogP contribution >= 0.6 is 23.2 Å². The van der Waals surface area contributed by atoms with Crippen LogP contribution in [0.2, 0.25) is 10.0 Å². The van der Waals surface area contributed by atoms with Gasteiger partial charge in [-0.25, -0.2) is 4.98 Å². The number of aryl methyl sites for hydroxylation is 1. The zero-order chi connectivity index (χ0) is 19.8. The summed E-state index contributed by atoms with van der Waals surface area (Å²) >= 11 is 12.5. The fourth-order valence-electron chi connectivity index (χ4n) is 3.42. The summed E-state index contributed by atoms with van der Waals surface area (Å²) in [6.07, 6.45) is 0.